The highest BCUT2D eigenvalue weighted by atomic mass is 79.9. The third kappa shape index (κ3) is 5.12. The maximum atomic E-state index is 6.07. The molecule has 0 spiro atoms. The molecule has 1 aromatic carbocycles. The minimum Gasteiger partial charge on any atom is -0.383 e. The molecule has 0 aliphatic heterocycles. The summed E-state index contributed by atoms with van der Waals surface area (Å²) >= 11 is 9.44. The van der Waals surface area contributed by atoms with Gasteiger partial charge < -0.3 is 10.1 Å². The van der Waals surface area contributed by atoms with Crippen molar-refractivity contribution in [3.8, 4) is 0 Å². The maximum absolute atomic E-state index is 6.07. The van der Waals surface area contributed by atoms with Crippen LogP contribution < -0.4 is 5.32 Å². The first-order valence-electron chi connectivity index (χ1n) is 5.05. The standard InChI is InChI=1S/C12H15BrClNO/c1-16-8-7-15-6-2-3-10-4-5-11(13)9-12(10)14/h2-5,9,15H,6-8H2,1H3/b3-2+. The first-order chi connectivity index (χ1) is 7.74. The summed E-state index contributed by atoms with van der Waals surface area (Å²) in [6.45, 7) is 2.40. The van der Waals surface area contributed by atoms with Gasteiger partial charge in [-0.1, -0.05) is 45.7 Å². The van der Waals surface area contributed by atoms with E-state index in [1.807, 2.05) is 30.4 Å². The summed E-state index contributed by atoms with van der Waals surface area (Å²) in [5.74, 6) is 0. The Morgan fingerprint density at radius 1 is 1.50 bits per heavy atom. The van der Waals surface area contributed by atoms with Gasteiger partial charge in [-0.15, -0.1) is 0 Å². The highest BCUT2D eigenvalue weighted by Crippen LogP contribution is 2.22. The Kier molecular flexibility index (Phi) is 6.73. The van der Waals surface area contributed by atoms with Crippen LogP contribution in [0.2, 0.25) is 5.02 Å². The molecule has 16 heavy (non-hydrogen) atoms. The van der Waals surface area contributed by atoms with Crippen molar-refractivity contribution in [1.82, 2.24) is 5.32 Å². The third-order valence-corrected chi connectivity index (χ3v) is 2.83. The van der Waals surface area contributed by atoms with Crippen LogP contribution in [0.15, 0.2) is 28.7 Å². The highest BCUT2D eigenvalue weighted by Gasteiger charge is 1.96. The third-order valence-electron chi connectivity index (χ3n) is 2.01. The average Bonchev–Trinajstić information content (AvgIpc) is 2.26. The molecule has 0 aliphatic carbocycles. The van der Waals surface area contributed by atoms with Gasteiger partial charge >= 0.3 is 0 Å². The van der Waals surface area contributed by atoms with Crippen LogP contribution in [0.3, 0.4) is 0 Å². The van der Waals surface area contributed by atoms with Gasteiger partial charge in [0.2, 0.25) is 0 Å². The van der Waals surface area contributed by atoms with Crippen molar-refractivity contribution < 1.29 is 4.74 Å². The van der Waals surface area contributed by atoms with E-state index in [2.05, 4.69) is 21.2 Å². The number of ether oxygens (including phenoxy) is 1. The molecule has 1 rings (SSSR count). The number of methoxy groups -OCH3 is 1. The summed E-state index contributed by atoms with van der Waals surface area (Å²) in [6.07, 6.45) is 4.05. The Morgan fingerprint density at radius 3 is 3.00 bits per heavy atom. The molecule has 88 valence electrons. The van der Waals surface area contributed by atoms with E-state index in [1.54, 1.807) is 7.11 Å². The zero-order valence-electron chi connectivity index (χ0n) is 9.17. The Balaban J connectivity index is 2.38. The lowest BCUT2D eigenvalue weighted by atomic mass is 10.2. The molecule has 1 N–H and O–H groups in total. The average molecular weight is 305 g/mol. The molecule has 4 heteroatoms. The fraction of sp³-hybridized carbons (Fsp3) is 0.333. The van der Waals surface area contributed by atoms with Gasteiger partial charge in [-0.05, 0) is 17.7 Å². The molecule has 0 fully saturated rings. The van der Waals surface area contributed by atoms with Crippen LogP contribution >= 0.6 is 27.5 Å². The Morgan fingerprint density at radius 2 is 2.31 bits per heavy atom. The van der Waals surface area contributed by atoms with Crippen molar-refractivity contribution in [2.24, 2.45) is 0 Å². The van der Waals surface area contributed by atoms with E-state index in [-0.39, 0.29) is 0 Å². The van der Waals surface area contributed by atoms with Gasteiger partial charge in [-0.25, -0.2) is 0 Å². The summed E-state index contributed by atoms with van der Waals surface area (Å²) < 4.78 is 5.92. The van der Waals surface area contributed by atoms with Gasteiger partial charge in [0.25, 0.3) is 0 Å². The topological polar surface area (TPSA) is 21.3 Å². The minimum absolute atomic E-state index is 0.729. The van der Waals surface area contributed by atoms with E-state index in [9.17, 15) is 0 Å². The molecule has 0 heterocycles. The van der Waals surface area contributed by atoms with Gasteiger partial charge in [-0.2, -0.15) is 0 Å². The van der Waals surface area contributed by atoms with E-state index in [4.69, 9.17) is 16.3 Å². The molecular formula is C12H15BrClNO. The van der Waals surface area contributed by atoms with Crippen molar-refractivity contribution in [2.75, 3.05) is 26.8 Å². The molecule has 0 saturated heterocycles. The molecule has 0 saturated carbocycles. The van der Waals surface area contributed by atoms with Crippen LogP contribution in [0.5, 0.6) is 0 Å². The summed E-state index contributed by atoms with van der Waals surface area (Å²) in [6, 6.07) is 5.85. The summed E-state index contributed by atoms with van der Waals surface area (Å²) in [4.78, 5) is 0. The minimum atomic E-state index is 0.729. The van der Waals surface area contributed by atoms with Crippen LogP contribution in [0.25, 0.3) is 6.08 Å². The molecule has 0 amide bonds. The molecule has 0 bridgehead atoms. The van der Waals surface area contributed by atoms with Gasteiger partial charge in [0.1, 0.15) is 0 Å². The summed E-state index contributed by atoms with van der Waals surface area (Å²) in [5.41, 5.74) is 1.03. The maximum Gasteiger partial charge on any atom is 0.0587 e. The molecule has 0 radical (unpaired) electrons. The number of hydrogen-bond acceptors (Lipinski definition) is 2. The van der Waals surface area contributed by atoms with Crippen LogP contribution in [-0.2, 0) is 4.74 Å². The smallest absolute Gasteiger partial charge is 0.0587 e. The monoisotopic (exact) mass is 303 g/mol. The summed E-state index contributed by atoms with van der Waals surface area (Å²) in [5, 5.41) is 3.98. The van der Waals surface area contributed by atoms with Crippen LogP contribution in [0.1, 0.15) is 5.56 Å². The predicted octanol–water partition coefficient (Wildman–Crippen LogP) is 3.35. The van der Waals surface area contributed by atoms with Crippen molar-refractivity contribution in [3.05, 3.63) is 39.3 Å². The largest absolute Gasteiger partial charge is 0.383 e. The lowest BCUT2D eigenvalue weighted by Gasteiger charge is -2.00. The highest BCUT2D eigenvalue weighted by molar-refractivity contribution is 9.10. The fourth-order valence-electron chi connectivity index (χ4n) is 1.18. The quantitative estimate of drug-likeness (QED) is 0.814. The molecular weight excluding hydrogens is 289 g/mol. The Bertz CT molecular complexity index is 355. The first kappa shape index (κ1) is 13.7. The van der Waals surface area contributed by atoms with E-state index in [0.29, 0.717) is 0 Å². The lowest BCUT2D eigenvalue weighted by molar-refractivity contribution is 0.200. The lowest BCUT2D eigenvalue weighted by Crippen LogP contribution is -2.18. The van der Waals surface area contributed by atoms with Gasteiger partial charge in [0, 0.05) is 29.7 Å². The zero-order chi connectivity index (χ0) is 11.8. The van der Waals surface area contributed by atoms with Gasteiger partial charge in [-0.3, -0.25) is 0 Å². The number of rotatable bonds is 6. The van der Waals surface area contributed by atoms with Crippen molar-refractivity contribution in [3.63, 3.8) is 0 Å². The number of hydrogen-bond donors (Lipinski definition) is 1. The van der Waals surface area contributed by atoms with Crippen molar-refractivity contribution >= 4 is 33.6 Å². The first-order valence-corrected chi connectivity index (χ1v) is 6.22. The van der Waals surface area contributed by atoms with Crippen LogP contribution in [-0.4, -0.2) is 26.8 Å². The van der Waals surface area contributed by atoms with Crippen LogP contribution in [0, 0.1) is 0 Å². The number of nitrogens with one attached hydrogen (secondary N) is 1. The normalized spacial score (nSPS) is 11.2. The second-order valence-corrected chi connectivity index (χ2v) is 4.59. The molecule has 0 aromatic heterocycles. The molecule has 0 atom stereocenters. The van der Waals surface area contributed by atoms with Crippen LogP contribution in [0.4, 0.5) is 0 Å². The predicted molar refractivity (Wildman–Crippen MR) is 72.9 cm³/mol. The Labute approximate surface area is 110 Å². The molecule has 1 aromatic rings. The molecule has 0 aliphatic rings. The number of halogens is 2. The number of benzene rings is 1. The SMILES string of the molecule is COCCNC/C=C/c1ccc(Br)cc1Cl. The Hall–Kier alpha value is -0.350. The van der Waals surface area contributed by atoms with Crippen molar-refractivity contribution in [2.45, 2.75) is 0 Å². The second kappa shape index (κ2) is 7.85. The fourth-order valence-corrected chi connectivity index (χ4v) is 1.92. The van der Waals surface area contributed by atoms with Crippen molar-refractivity contribution in [1.29, 1.82) is 0 Å². The molecule has 0 unspecified atom stereocenters. The van der Waals surface area contributed by atoms with E-state index >= 15 is 0 Å². The van der Waals surface area contributed by atoms with E-state index in [0.717, 1.165) is 34.8 Å². The second-order valence-electron chi connectivity index (χ2n) is 3.27. The zero-order valence-corrected chi connectivity index (χ0v) is 11.5. The van der Waals surface area contributed by atoms with E-state index < -0.39 is 0 Å². The van der Waals surface area contributed by atoms with E-state index in [1.165, 1.54) is 0 Å². The van der Waals surface area contributed by atoms with Gasteiger partial charge in [0.15, 0.2) is 0 Å². The molecule has 2 nitrogen and oxygen atoms in total. The van der Waals surface area contributed by atoms with Gasteiger partial charge in [0.05, 0.1) is 6.61 Å². The summed E-state index contributed by atoms with van der Waals surface area (Å²) in [7, 11) is 1.69.